The van der Waals surface area contributed by atoms with E-state index in [1.807, 2.05) is 30.3 Å². The molecule has 3 aliphatic rings. The highest BCUT2D eigenvalue weighted by Crippen LogP contribution is 2.56. The number of carbonyl (C=O) groups is 3. The van der Waals surface area contributed by atoms with Gasteiger partial charge in [0.15, 0.2) is 0 Å². The van der Waals surface area contributed by atoms with E-state index in [0.29, 0.717) is 5.69 Å². The smallest absolute Gasteiger partial charge is 0.248 e. The van der Waals surface area contributed by atoms with Crippen LogP contribution in [0.1, 0.15) is 24.8 Å². The third kappa shape index (κ3) is 3.11. The first-order valence-electron chi connectivity index (χ1n) is 10.5. The summed E-state index contributed by atoms with van der Waals surface area (Å²) in [6.45, 7) is 0. The van der Waals surface area contributed by atoms with Crippen molar-refractivity contribution in [2.45, 2.75) is 31.7 Å². The van der Waals surface area contributed by atoms with Gasteiger partial charge in [-0.1, -0.05) is 30.3 Å². The van der Waals surface area contributed by atoms with Crippen molar-refractivity contribution in [3.05, 3.63) is 66.0 Å². The SMILES string of the molecule is O=C(Nc1ccc(F)cc1)[C@H](Cc1ccccc1)N1C(=O)[C@H]2[C@@H]3CC[C@H](C3)[C@@H]2C1=O. The standard InChI is InChI=1S/C24H23FN2O3/c25-17-8-10-18(11-9-17)26-22(28)19(12-14-4-2-1-3-5-14)27-23(29)20-15-6-7-16(13-15)21(20)24(27)30/h1-5,8-11,15-16,19-21H,6-7,12-13H2,(H,26,28)/t15-,16-,19+,20+,21+/m1/s1. The quantitative estimate of drug-likeness (QED) is 0.774. The summed E-state index contributed by atoms with van der Waals surface area (Å²) in [4.78, 5) is 41.0. The summed E-state index contributed by atoms with van der Waals surface area (Å²) in [5.74, 6) is -1.25. The average Bonchev–Trinajstić information content (AvgIpc) is 3.43. The van der Waals surface area contributed by atoms with Crippen LogP contribution in [0.5, 0.6) is 0 Å². The minimum Gasteiger partial charge on any atom is -0.324 e. The molecule has 3 amide bonds. The first-order chi connectivity index (χ1) is 14.5. The van der Waals surface area contributed by atoms with Crippen molar-refractivity contribution in [2.75, 3.05) is 5.32 Å². The molecule has 1 heterocycles. The molecule has 2 aromatic rings. The maximum absolute atomic E-state index is 13.3. The van der Waals surface area contributed by atoms with Gasteiger partial charge in [0.25, 0.3) is 0 Å². The van der Waals surface area contributed by atoms with Crippen LogP contribution in [-0.2, 0) is 20.8 Å². The predicted octanol–water partition coefficient (Wildman–Crippen LogP) is 3.41. The molecule has 1 saturated heterocycles. The lowest BCUT2D eigenvalue weighted by Crippen LogP contribution is -2.49. The number of amides is 3. The van der Waals surface area contributed by atoms with Gasteiger partial charge in [-0.25, -0.2) is 4.39 Å². The minimum atomic E-state index is -0.928. The van der Waals surface area contributed by atoms with Gasteiger partial charge in [-0.2, -0.15) is 0 Å². The highest BCUT2D eigenvalue weighted by molar-refractivity contribution is 6.10. The molecular formula is C24H23FN2O3. The van der Waals surface area contributed by atoms with E-state index in [1.165, 1.54) is 29.2 Å². The molecule has 1 aliphatic heterocycles. The molecule has 154 valence electrons. The molecule has 1 N–H and O–H groups in total. The summed E-state index contributed by atoms with van der Waals surface area (Å²) < 4.78 is 13.2. The fourth-order valence-electron chi connectivity index (χ4n) is 5.64. The Hall–Kier alpha value is -3.02. The second-order valence-electron chi connectivity index (χ2n) is 8.63. The molecule has 0 radical (unpaired) electrons. The van der Waals surface area contributed by atoms with Crippen molar-refractivity contribution in [1.29, 1.82) is 0 Å². The van der Waals surface area contributed by atoms with Gasteiger partial charge in [-0.05, 0) is 60.9 Å². The van der Waals surface area contributed by atoms with Gasteiger partial charge < -0.3 is 5.32 Å². The number of rotatable bonds is 5. The van der Waals surface area contributed by atoms with Crippen molar-refractivity contribution in [3.8, 4) is 0 Å². The minimum absolute atomic E-state index is 0.201. The third-order valence-electron chi connectivity index (χ3n) is 6.96. The molecule has 5 rings (SSSR count). The molecule has 5 atom stereocenters. The van der Waals surface area contributed by atoms with Gasteiger partial charge in [0, 0.05) is 12.1 Å². The number of nitrogens with one attached hydrogen (secondary N) is 1. The van der Waals surface area contributed by atoms with Crippen LogP contribution in [0.2, 0.25) is 0 Å². The Bertz CT molecular complexity index is 963. The monoisotopic (exact) mass is 406 g/mol. The lowest BCUT2D eigenvalue weighted by Gasteiger charge is -2.27. The molecule has 2 bridgehead atoms. The Balaban J connectivity index is 1.45. The molecule has 2 aromatic carbocycles. The van der Waals surface area contributed by atoms with E-state index < -0.39 is 17.8 Å². The number of imide groups is 1. The fourth-order valence-corrected chi connectivity index (χ4v) is 5.64. The van der Waals surface area contributed by atoms with Crippen LogP contribution in [-0.4, -0.2) is 28.7 Å². The van der Waals surface area contributed by atoms with E-state index in [4.69, 9.17) is 0 Å². The summed E-state index contributed by atoms with van der Waals surface area (Å²) >= 11 is 0. The van der Waals surface area contributed by atoms with E-state index in [0.717, 1.165) is 24.8 Å². The number of nitrogens with zero attached hydrogens (tertiary/aromatic N) is 1. The number of benzene rings is 2. The maximum Gasteiger partial charge on any atom is 0.248 e. The number of hydrogen-bond acceptors (Lipinski definition) is 3. The summed E-state index contributed by atoms with van der Waals surface area (Å²) in [7, 11) is 0. The summed E-state index contributed by atoms with van der Waals surface area (Å²) in [6.07, 6.45) is 3.18. The Morgan fingerprint density at radius 3 is 2.17 bits per heavy atom. The number of hydrogen-bond donors (Lipinski definition) is 1. The molecule has 30 heavy (non-hydrogen) atoms. The zero-order chi connectivity index (χ0) is 20.8. The molecule has 3 fully saturated rings. The van der Waals surface area contributed by atoms with Gasteiger partial charge >= 0.3 is 0 Å². The van der Waals surface area contributed by atoms with Crippen LogP contribution in [0.4, 0.5) is 10.1 Å². The van der Waals surface area contributed by atoms with Gasteiger partial charge in [0.1, 0.15) is 11.9 Å². The second-order valence-corrected chi connectivity index (χ2v) is 8.63. The Morgan fingerprint density at radius 1 is 0.967 bits per heavy atom. The lowest BCUT2D eigenvalue weighted by molar-refractivity contribution is -0.147. The normalized spacial score (nSPS) is 28.0. The first kappa shape index (κ1) is 19.0. The van der Waals surface area contributed by atoms with E-state index in [9.17, 15) is 18.8 Å². The Labute approximate surface area is 174 Å². The topological polar surface area (TPSA) is 66.5 Å². The zero-order valence-corrected chi connectivity index (χ0v) is 16.5. The third-order valence-corrected chi connectivity index (χ3v) is 6.96. The largest absolute Gasteiger partial charge is 0.324 e. The maximum atomic E-state index is 13.3. The number of likely N-dealkylation sites (tertiary alicyclic amines) is 1. The van der Waals surface area contributed by atoms with Gasteiger partial charge in [-0.3, -0.25) is 19.3 Å². The molecule has 2 saturated carbocycles. The molecule has 6 heteroatoms. The highest BCUT2D eigenvalue weighted by atomic mass is 19.1. The van der Waals surface area contributed by atoms with Crippen LogP contribution >= 0.6 is 0 Å². The highest BCUT2D eigenvalue weighted by Gasteiger charge is 2.62. The average molecular weight is 406 g/mol. The van der Waals surface area contributed by atoms with E-state index in [-0.39, 0.29) is 41.9 Å². The Morgan fingerprint density at radius 2 is 1.57 bits per heavy atom. The number of halogens is 1. The number of carbonyl (C=O) groups excluding carboxylic acids is 3. The van der Waals surface area contributed by atoms with Crippen LogP contribution in [0, 0.1) is 29.5 Å². The lowest BCUT2D eigenvalue weighted by atomic mass is 9.81. The molecule has 5 nitrogen and oxygen atoms in total. The van der Waals surface area contributed by atoms with Crippen LogP contribution in [0.3, 0.4) is 0 Å². The van der Waals surface area contributed by atoms with Crippen LogP contribution in [0.15, 0.2) is 54.6 Å². The Kier molecular flexibility index (Phi) is 4.65. The predicted molar refractivity (Wildman–Crippen MR) is 109 cm³/mol. The molecule has 2 aliphatic carbocycles. The summed E-state index contributed by atoms with van der Waals surface area (Å²) in [5, 5.41) is 2.76. The number of anilines is 1. The van der Waals surface area contributed by atoms with Crippen molar-refractivity contribution in [2.24, 2.45) is 23.7 Å². The van der Waals surface area contributed by atoms with Crippen molar-refractivity contribution in [1.82, 2.24) is 4.90 Å². The molecule has 0 unspecified atom stereocenters. The van der Waals surface area contributed by atoms with E-state index >= 15 is 0 Å². The van der Waals surface area contributed by atoms with Crippen LogP contribution < -0.4 is 5.32 Å². The van der Waals surface area contributed by atoms with Crippen molar-refractivity contribution >= 4 is 23.4 Å². The van der Waals surface area contributed by atoms with Gasteiger partial charge in [-0.15, -0.1) is 0 Å². The molecular weight excluding hydrogens is 383 g/mol. The van der Waals surface area contributed by atoms with Crippen molar-refractivity contribution in [3.63, 3.8) is 0 Å². The van der Waals surface area contributed by atoms with E-state index in [2.05, 4.69) is 5.32 Å². The van der Waals surface area contributed by atoms with E-state index in [1.54, 1.807) is 0 Å². The number of fused-ring (bicyclic) bond motifs is 5. The first-order valence-corrected chi connectivity index (χ1v) is 10.5. The van der Waals surface area contributed by atoms with Crippen molar-refractivity contribution < 1.29 is 18.8 Å². The second kappa shape index (κ2) is 7.35. The zero-order valence-electron chi connectivity index (χ0n) is 16.5. The molecule has 0 aromatic heterocycles. The fraction of sp³-hybridized carbons (Fsp3) is 0.375. The molecule has 0 spiro atoms. The van der Waals surface area contributed by atoms with Gasteiger partial charge in [0.2, 0.25) is 17.7 Å². The van der Waals surface area contributed by atoms with Crippen LogP contribution in [0.25, 0.3) is 0 Å². The summed E-state index contributed by atoms with van der Waals surface area (Å²) in [5.41, 5.74) is 1.30. The van der Waals surface area contributed by atoms with Gasteiger partial charge in [0.05, 0.1) is 11.8 Å². The summed E-state index contributed by atoms with van der Waals surface area (Å²) in [6, 6.07) is 13.9.